The zero-order valence-corrected chi connectivity index (χ0v) is 17.1. The number of esters is 1. The van der Waals surface area contributed by atoms with Crippen LogP contribution < -0.4 is 19.5 Å². The number of hydrogen-bond acceptors (Lipinski definition) is 8. The topological polar surface area (TPSA) is 109 Å². The second kappa shape index (κ2) is 9.27. The highest BCUT2D eigenvalue weighted by Gasteiger charge is 2.17. The number of aromatic nitrogens is 2. The fourth-order valence-electron chi connectivity index (χ4n) is 2.65. The van der Waals surface area contributed by atoms with Gasteiger partial charge in [0.25, 0.3) is 0 Å². The number of nitrogens with one attached hydrogen (secondary N) is 1. The third kappa shape index (κ3) is 4.36. The number of ether oxygens (including phenoxy) is 4. The van der Waals surface area contributed by atoms with Crippen molar-refractivity contribution in [3.63, 3.8) is 0 Å². The van der Waals surface area contributed by atoms with Crippen LogP contribution in [0.3, 0.4) is 0 Å². The van der Waals surface area contributed by atoms with E-state index >= 15 is 0 Å². The van der Waals surface area contributed by atoms with E-state index in [-0.39, 0.29) is 23.2 Å². The Hall–Kier alpha value is -3.59. The largest absolute Gasteiger partial charge is 0.493 e. The summed E-state index contributed by atoms with van der Waals surface area (Å²) in [7, 11) is 3.06. The summed E-state index contributed by atoms with van der Waals surface area (Å²) in [6.45, 7) is 1.69. The molecule has 0 atom stereocenters. The Kier molecular flexibility index (Phi) is 6.53. The maximum Gasteiger partial charge on any atom is 0.397 e. The number of methoxy groups -OCH3 is 2. The molecule has 1 aromatic carbocycles. The lowest BCUT2D eigenvalue weighted by Gasteiger charge is -2.13. The minimum atomic E-state index is -0.999. The number of carbonyl (C=O) groups is 2. The predicted molar refractivity (Wildman–Crippen MR) is 109 cm³/mol. The molecular formula is C20H18ClN3O6. The fourth-order valence-corrected chi connectivity index (χ4v) is 2.85. The van der Waals surface area contributed by atoms with E-state index in [4.69, 9.17) is 25.8 Å². The summed E-state index contributed by atoms with van der Waals surface area (Å²) >= 11 is 6.25. The molecule has 0 spiro atoms. The van der Waals surface area contributed by atoms with Crippen molar-refractivity contribution >= 4 is 40.1 Å². The summed E-state index contributed by atoms with van der Waals surface area (Å²) in [4.78, 5) is 31.6. The van der Waals surface area contributed by atoms with E-state index in [1.165, 1.54) is 26.5 Å². The van der Waals surface area contributed by atoms with Gasteiger partial charge in [0.2, 0.25) is 5.88 Å². The Morgan fingerprint density at radius 3 is 2.57 bits per heavy atom. The fraction of sp³-hybridized carbons (Fsp3) is 0.200. The van der Waals surface area contributed by atoms with Crippen LogP contribution in [0.1, 0.15) is 6.92 Å². The molecule has 3 rings (SSSR count). The summed E-state index contributed by atoms with van der Waals surface area (Å²) in [5.74, 6) is -0.373. The minimum absolute atomic E-state index is 0.0919. The maximum atomic E-state index is 11.7. The molecule has 10 heteroatoms. The summed E-state index contributed by atoms with van der Waals surface area (Å²) < 4.78 is 21.2. The monoisotopic (exact) mass is 431 g/mol. The number of rotatable bonds is 6. The molecular weight excluding hydrogens is 414 g/mol. The van der Waals surface area contributed by atoms with E-state index < -0.39 is 11.9 Å². The molecule has 0 fully saturated rings. The van der Waals surface area contributed by atoms with Crippen LogP contribution in [0.2, 0.25) is 5.02 Å². The van der Waals surface area contributed by atoms with Crippen LogP contribution in [0.15, 0.2) is 36.7 Å². The highest BCUT2D eigenvalue weighted by molar-refractivity contribution is 6.37. The van der Waals surface area contributed by atoms with Crippen LogP contribution in [0.4, 0.5) is 5.69 Å². The quantitative estimate of drug-likeness (QED) is 0.465. The van der Waals surface area contributed by atoms with Crippen molar-refractivity contribution in [2.24, 2.45) is 0 Å². The number of pyridine rings is 2. The Balaban J connectivity index is 1.87. The van der Waals surface area contributed by atoms with Crippen LogP contribution in [0, 0.1) is 0 Å². The molecule has 0 saturated carbocycles. The van der Waals surface area contributed by atoms with Gasteiger partial charge in [0.15, 0.2) is 11.5 Å². The van der Waals surface area contributed by atoms with E-state index in [2.05, 4.69) is 20.0 Å². The number of amides is 1. The van der Waals surface area contributed by atoms with Gasteiger partial charge in [-0.1, -0.05) is 11.6 Å². The number of carbonyl (C=O) groups excluding carboxylic acids is 2. The van der Waals surface area contributed by atoms with Crippen molar-refractivity contribution in [2.45, 2.75) is 6.92 Å². The molecule has 3 aromatic rings. The molecule has 0 bridgehead atoms. The van der Waals surface area contributed by atoms with E-state index in [1.54, 1.807) is 31.3 Å². The lowest BCUT2D eigenvalue weighted by Crippen LogP contribution is -2.25. The normalized spacial score (nSPS) is 10.4. The first-order valence-corrected chi connectivity index (χ1v) is 9.17. The second-order valence-corrected chi connectivity index (χ2v) is 6.20. The van der Waals surface area contributed by atoms with Gasteiger partial charge in [0.05, 0.1) is 32.7 Å². The highest BCUT2D eigenvalue weighted by Crippen LogP contribution is 2.39. The average Bonchev–Trinajstić information content (AvgIpc) is 2.74. The van der Waals surface area contributed by atoms with Gasteiger partial charge in [-0.25, -0.2) is 9.78 Å². The van der Waals surface area contributed by atoms with E-state index in [1.807, 2.05) is 0 Å². The summed E-state index contributed by atoms with van der Waals surface area (Å²) in [5.41, 5.74) is 0.764. The molecule has 1 amide bonds. The lowest BCUT2D eigenvalue weighted by atomic mass is 10.1. The van der Waals surface area contributed by atoms with Gasteiger partial charge in [0, 0.05) is 11.6 Å². The van der Waals surface area contributed by atoms with Crippen molar-refractivity contribution in [3.05, 3.63) is 41.7 Å². The summed E-state index contributed by atoms with van der Waals surface area (Å²) in [5, 5.41) is 3.15. The molecule has 0 unspecified atom stereocenters. The average molecular weight is 432 g/mol. The van der Waals surface area contributed by atoms with Crippen molar-refractivity contribution < 1.29 is 28.5 Å². The zero-order valence-electron chi connectivity index (χ0n) is 16.4. The highest BCUT2D eigenvalue weighted by atomic mass is 35.5. The molecule has 0 radical (unpaired) electrons. The Labute approximate surface area is 176 Å². The van der Waals surface area contributed by atoms with E-state index in [0.29, 0.717) is 28.2 Å². The molecule has 0 aliphatic carbocycles. The van der Waals surface area contributed by atoms with Gasteiger partial charge in [-0.3, -0.25) is 9.78 Å². The first kappa shape index (κ1) is 21.1. The van der Waals surface area contributed by atoms with Crippen LogP contribution >= 0.6 is 11.6 Å². The molecule has 156 valence electrons. The van der Waals surface area contributed by atoms with Crippen molar-refractivity contribution in [1.82, 2.24) is 9.97 Å². The van der Waals surface area contributed by atoms with Crippen molar-refractivity contribution in [1.29, 1.82) is 0 Å². The minimum Gasteiger partial charge on any atom is -0.493 e. The number of halogens is 1. The Morgan fingerprint density at radius 2 is 1.90 bits per heavy atom. The lowest BCUT2D eigenvalue weighted by molar-refractivity contribution is -0.152. The summed E-state index contributed by atoms with van der Waals surface area (Å²) in [6.07, 6.45) is 2.87. The van der Waals surface area contributed by atoms with Gasteiger partial charge in [-0.2, -0.15) is 0 Å². The SMILES string of the molecule is CCOC(=O)C(=O)Nc1cnc(Oc2ccnc3c(OC)c(OC)ccc23)c(Cl)c1. The molecule has 2 heterocycles. The second-order valence-electron chi connectivity index (χ2n) is 5.79. The molecule has 0 aliphatic rings. The molecule has 0 aliphatic heterocycles. The van der Waals surface area contributed by atoms with E-state index in [0.717, 1.165) is 0 Å². The van der Waals surface area contributed by atoms with Crippen LogP contribution in [-0.2, 0) is 14.3 Å². The smallest absolute Gasteiger partial charge is 0.397 e. The number of hydrogen-bond donors (Lipinski definition) is 1. The van der Waals surface area contributed by atoms with Crippen LogP contribution in [-0.4, -0.2) is 42.7 Å². The van der Waals surface area contributed by atoms with Crippen LogP contribution in [0.5, 0.6) is 23.1 Å². The first-order valence-electron chi connectivity index (χ1n) is 8.79. The first-order chi connectivity index (χ1) is 14.5. The van der Waals surface area contributed by atoms with Gasteiger partial charge in [-0.05, 0) is 31.2 Å². The van der Waals surface area contributed by atoms with Crippen molar-refractivity contribution in [3.8, 4) is 23.1 Å². The Morgan fingerprint density at radius 1 is 1.10 bits per heavy atom. The molecule has 0 saturated heterocycles. The van der Waals surface area contributed by atoms with Gasteiger partial charge in [-0.15, -0.1) is 0 Å². The number of benzene rings is 1. The zero-order chi connectivity index (χ0) is 21.7. The van der Waals surface area contributed by atoms with Gasteiger partial charge in [0.1, 0.15) is 16.3 Å². The molecule has 1 N–H and O–H groups in total. The number of anilines is 1. The maximum absolute atomic E-state index is 11.7. The molecule has 30 heavy (non-hydrogen) atoms. The third-order valence-electron chi connectivity index (χ3n) is 3.95. The van der Waals surface area contributed by atoms with Gasteiger partial charge >= 0.3 is 11.9 Å². The van der Waals surface area contributed by atoms with E-state index in [9.17, 15) is 9.59 Å². The molecule has 2 aromatic heterocycles. The Bertz CT molecular complexity index is 1110. The number of nitrogens with zero attached hydrogens (tertiary/aromatic N) is 2. The third-order valence-corrected chi connectivity index (χ3v) is 4.22. The predicted octanol–water partition coefficient (Wildman–Crippen LogP) is 3.59. The van der Waals surface area contributed by atoms with Crippen LogP contribution in [0.25, 0.3) is 10.9 Å². The van der Waals surface area contributed by atoms with Gasteiger partial charge < -0.3 is 24.3 Å². The number of fused-ring (bicyclic) bond motifs is 1. The molecule has 9 nitrogen and oxygen atoms in total. The standard InChI is InChI=1S/C20H18ClN3O6/c1-4-29-20(26)18(25)24-11-9-13(21)19(23-10-11)30-14-7-8-22-16-12(14)5-6-15(27-2)17(16)28-3/h5-10H,4H2,1-3H3,(H,24,25). The van der Waals surface area contributed by atoms with Crippen molar-refractivity contribution in [2.75, 3.05) is 26.1 Å². The summed E-state index contributed by atoms with van der Waals surface area (Å²) in [6, 6.07) is 6.58.